The van der Waals surface area contributed by atoms with Gasteiger partial charge in [0.1, 0.15) is 24.1 Å². The van der Waals surface area contributed by atoms with Gasteiger partial charge in [-0.2, -0.15) is 0 Å². The summed E-state index contributed by atoms with van der Waals surface area (Å²) in [4.78, 5) is 26.6. The zero-order valence-electron chi connectivity index (χ0n) is 34.1. The van der Waals surface area contributed by atoms with Gasteiger partial charge in [-0.3, -0.25) is 9.88 Å². The van der Waals surface area contributed by atoms with Crippen molar-refractivity contribution < 1.29 is 43.5 Å². The van der Waals surface area contributed by atoms with Gasteiger partial charge in [-0.1, -0.05) is 43.1 Å². The number of nitrogens with zero attached hydrogens (tertiary/aromatic N) is 3. The molecule has 1 unspecified atom stereocenters. The Morgan fingerprint density at radius 1 is 1.11 bits per heavy atom. The third-order valence-electron chi connectivity index (χ3n) is 11.7. The molecule has 6 rings (SSSR count). The van der Waals surface area contributed by atoms with Crippen LogP contribution in [0.5, 0.6) is 11.5 Å². The molecule has 4 aliphatic rings. The van der Waals surface area contributed by atoms with Crippen molar-refractivity contribution in [2.24, 2.45) is 22.9 Å². The second-order valence-electron chi connectivity index (χ2n) is 15.6. The zero-order valence-corrected chi connectivity index (χ0v) is 34.1. The number of oxime groups is 1. The van der Waals surface area contributed by atoms with Crippen molar-refractivity contribution in [3.63, 3.8) is 0 Å². The molecule has 0 spiro atoms. The van der Waals surface area contributed by atoms with Crippen LogP contribution in [0.15, 0.2) is 65.9 Å². The first-order valence-electron chi connectivity index (χ1n) is 21.2. The molecule has 7 atom stereocenters. The Labute approximate surface area is 338 Å². The van der Waals surface area contributed by atoms with E-state index in [1.54, 1.807) is 11.0 Å². The molecule has 2 aliphatic heterocycles. The number of rotatable bonds is 20. The van der Waals surface area contributed by atoms with Crippen LogP contribution in [0.1, 0.15) is 107 Å². The van der Waals surface area contributed by atoms with Crippen LogP contribution in [-0.4, -0.2) is 89.6 Å². The molecule has 0 bridgehead atoms. The van der Waals surface area contributed by atoms with Crippen LogP contribution in [0, 0.1) is 24.7 Å². The monoisotopic (exact) mass is 789 g/mol. The fraction of sp³-hybridized carbons (Fsp3) is 0.622. The second-order valence-corrected chi connectivity index (χ2v) is 15.6. The van der Waals surface area contributed by atoms with Gasteiger partial charge in [0.15, 0.2) is 0 Å². The van der Waals surface area contributed by atoms with Gasteiger partial charge in [-0.25, -0.2) is 4.79 Å². The van der Waals surface area contributed by atoms with Crippen molar-refractivity contribution in [3.05, 3.63) is 77.7 Å². The fourth-order valence-corrected chi connectivity index (χ4v) is 9.31. The Hall–Kier alpha value is -3.97. The van der Waals surface area contributed by atoms with E-state index in [9.17, 15) is 15.0 Å². The van der Waals surface area contributed by atoms with Crippen molar-refractivity contribution in [1.82, 2.24) is 9.88 Å². The molecule has 57 heavy (non-hydrogen) atoms. The molecule has 1 aromatic heterocycles. The Morgan fingerprint density at radius 2 is 1.93 bits per heavy atom. The number of benzene rings is 1. The molecule has 1 saturated carbocycles. The minimum atomic E-state index is -1.35. The Bertz CT molecular complexity index is 1690. The third kappa shape index (κ3) is 9.84. The molecule has 0 radical (unpaired) electrons. The number of carbonyl (C=O) groups excluding carboxylic acids is 1. The van der Waals surface area contributed by atoms with Crippen LogP contribution in [0.4, 0.5) is 4.79 Å². The van der Waals surface area contributed by atoms with E-state index in [0.717, 1.165) is 73.2 Å². The van der Waals surface area contributed by atoms with E-state index >= 15 is 0 Å². The fourth-order valence-electron chi connectivity index (χ4n) is 9.31. The number of amides is 1. The molecule has 12 nitrogen and oxygen atoms in total. The van der Waals surface area contributed by atoms with E-state index in [0.29, 0.717) is 56.9 Å². The molecule has 1 saturated heterocycles. The number of allylic oxidation sites excluding steroid dienone is 1. The van der Waals surface area contributed by atoms with Crippen LogP contribution in [0.25, 0.3) is 0 Å². The number of aliphatic hydroxyl groups is 2. The third-order valence-corrected chi connectivity index (χ3v) is 11.7. The van der Waals surface area contributed by atoms with Crippen LogP contribution in [0.2, 0.25) is 0 Å². The lowest BCUT2D eigenvalue weighted by Crippen LogP contribution is -2.70. The lowest BCUT2D eigenvalue weighted by atomic mass is 9.55. The van der Waals surface area contributed by atoms with Crippen molar-refractivity contribution in [1.29, 1.82) is 0 Å². The minimum absolute atomic E-state index is 0.0943. The van der Waals surface area contributed by atoms with Crippen LogP contribution in [0.3, 0.4) is 0 Å². The molecule has 312 valence electrons. The molecular weight excluding hydrogens is 727 g/mol. The summed E-state index contributed by atoms with van der Waals surface area (Å²) in [5, 5.41) is 24.7. The van der Waals surface area contributed by atoms with Crippen molar-refractivity contribution in [2.45, 2.75) is 122 Å². The number of unbranched alkanes of at least 4 members (excludes halogenated alkanes) is 2. The molecule has 3 heterocycles. The summed E-state index contributed by atoms with van der Waals surface area (Å²) >= 11 is 0. The highest BCUT2D eigenvalue weighted by Crippen LogP contribution is 2.62. The molecule has 1 aromatic carbocycles. The number of pyridine rings is 1. The van der Waals surface area contributed by atoms with Gasteiger partial charge < -0.3 is 38.7 Å². The van der Waals surface area contributed by atoms with Gasteiger partial charge in [0.05, 0.1) is 37.1 Å². The summed E-state index contributed by atoms with van der Waals surface area (Å²) in [5.74, 6) is -0.367. The molecule has 2 N–H and O–H groups in total. The van der Waals surface area contributed by atoms with Crippen molar-refractivity contribution in [2.75, 3.05) is 39.6 Å². The zero-order chi connectivity index (χ0) is 40.2. The smallest absolute Gasteiger partial charge is 0.410 e. The van der Waals surface area contributed by atoms with E-state index < -0.39 is 30.1 Å². The standard InChI is InChI=1S/C45H63N3O9/c1-5-22-48(44(51)52-7-3)40-29-38(47-57-41-19-10-13-26-53-41)36-27-32(16-8-11-23-49)35(18-9-12-24-50)42-37-28-34(54-30-33-17-14-15-31(4)46-33)20-21-39(37)56-45(40,43(36)42)55-25-6-2/h6,14-15,17,20-21,27-28,32,35,40-43,49-50H,2,5,7-13,16,18-19,22-26,29-30H2,1,3-4H3/t32-,35+,40-,41?,42+,43+,45+/m0/s1. The second kappa shape index (κ2) is 20.6. The number of carbonyl (C=O) groups is 1. The van der Waals surface area contributed by atoms with Gasteiger partial charge in [-0.05, 0) is 107 Å². The number of hydrogen-bond acceptors (Lipinski definition) is 11. The summed E-state index contributed by atoms with van der Waals surface area (Å²) in [5.41, 5.74) is 4.47. The van der Waals surface area contributed by atoms with Crippen molar-refractivity contribution in [3.8, 4) is 11.5 Å². The van der Waals surface area contributed by atoms with Gasteiger partial charge >= 0.3 is 6.09 Å². The number of aliphatic hydroxyl groups excluding tert-OH is 2. The van der Waals surface area contributed by atoms with Gasteiger partial charge in [-0.15, -0.1) is 6.58 Å². The summed E-state index contributed by atoms with van der Waals surface area (Å²) in [6, 6.07) is 11.3. The van der Waals surface area contributed by atoms with Crippen LogP contribution < -0.4 is 9.47 Å². The first-order chi connectivity index (χ1) is 27.9. The summed E-state index contributed by atoms with van der Waals surface area (Å²) in [7, 11) is 0. The lowest BCUT2D eigenvalue weighted by molar-refractivity contribution is -0.255. The lowest BCUT2D eigenvalue weighted by Gasteiger charge is -2.60. The largest absolute Gasteiger partial charge is 0.487 e. The number of ether oxygens (including phenoxy) is 5. The first-order valence-corrected chi connectivity index (χ1v) is 21.2. The molecule has 2 aliphatic carbocycles. The SMILES string of the molecule is C=CCO[C@@]12Oc3ccc(OCc4cccc(C)n4)cc3[C@H]3[C@H](CCCCO)[C@@H](CCCCO)C=C(C(=NOC4CCCCO4)C[C@@H]1N(CCC)C(=O)OCC)[C@H]32. The predicted octanol–water partition coefficient (Wildman–Crippen LogP) is 8.00. The Balaban J connectivity index is 1.55. The summed E-state index contributed by atoms with van der Waals surface area (Å²) in [6.07, 6.45) is 11.6. The Morgan fingerprint density at radius 3 is 2.65 bits per heavy atom. The number of fused-ring (bicyclic) bond motifs is 2. The molecule has 12 heteroatoms. The molecule has 2 fully saturated rings. The van der Waals surface area contributed by atoms with E-state index in [-0.39, 0.29) is 44.2 Å². The average Bonchev–Trinajstić information content (AvgIpc) is 3.22. The normalized spacial score (nSPS) is 27.0. The topological polar surface area (TPSA) is 141 Å². The van der Waals surface area contributed by atoms with E-state index in [1.807, 2.05) is 51.1 Å². The minimum Gasteiger partial charge on any atom is -0.487 e. The maximum absolute atomic E-state index is 14.0. The van der Waals surface area contributed by atoms with Crippen LogP contribution >= 0.6 is 0 Å². The summed E-state index contributed by atoms with van der Waals surface area (Å²) < 4.78 is 32.4. The average molecular weight is 790 g/mol. The number of aryl methyl sites for hydroxylation is 1. The van der Waals surface area contributed by atoms with Gasteiger partial charge in [0.2, 0.25) is 12.1 Å². The van der Waals surface area contributed by atoms with E-state index in [2.05, 4.69) is 23.7 Å². The Kier molecular flexibility index (Phi) is 15.4. The molecule has 1 amide bonds. The summed E-state index contributed by atoms with van der Waals surface area (Å²) in [6.45, 7) is 11.8. The maximum atomic E-state index is 14.0. The maximum Gasteiger partial charge on any atom is 0.410 e. The van der Waals surface area contributed by atoms with Crippen molar-refractivity contribution >= 4 is 11.8 Å². The van der Waals surface area contributed by atoms with Gasteiger partial charge in [0.25, 0.3) is 0 Å². The quantitative estimate of drug-likeness (QED) is 0.0770. The molecule has 2 aromatic rings. The predicted molar refractivity (Wildman–Crippen MR) is 217 cm³/mol. The first kappa shape index (κ1) is 42.6. The van der Waals surface area contributed by atoms with Crippen LogP contribution in [-0.2, 0) is 25.7 Å². The number of aromatic nitrogens is 1. The highest BCUT2D eigenvalue weighted by Gasteiger charge is 2.65. The molecular formula is C45H63N3O9. The highest BCUT2D eigenvalue weighted by atomic mass is 16.8. The number of hydrogen-bond donors (Lipinski definition) is 2. The highest BCUT2D eigenvalue weighted by molar-refractivity contribution is 6.03. The van der Waals surface area contributed by atoms with Gasteiger partial charge in [0, 0.05) is 49.8 Å². The van der Waals surface area contributed by atoms with E-state index in [1.165, 1.54) is 0 Å². The van der Waals surface area contributed by atoms with E-state index in [4.69, 9.17) is 33.7 Å².